The maximum absolute atomic E-state index is 13.6. The molecule has 0 aliphatic carbocycles. The van der Waals surface area contributed by atoms with Crippen molar-refractivity contribution in [1.29, 1.82) is 0 Å². The Bertz CT molecular complexity index is 1080. The third kappa shape index (κ3) is 3.88. The Labute approximate surface area is 162 Å². The third-order valence-electron chi connectivity index (χ3n) is 4.31. The summed E-state index contributed by atoms with van der Waals surface area (Å²) in [4.78, 5) is 1.78. The van der Waals surface area contributed by atoms with E-state index >= 15 is 0 Å². The van der Waals surface area contributed by atoms with E-state index in [9.17, 15) is 9.50 Å². The first kappa shape index (κ1) is 17.4. The van der Waals surface area contributed by atoms with Crippen molar-refractivity contribution < 1.29 is 9.50 Å². The van der Waals surface area contributed by atoms with E-state index in [1.54, 1.807) is 18.2 Å². The first-order valence-electron chi connectivity index (χ1n) is 8.62. The zero-order valence-corrected chi connectivity index (χ0v) is 15.3. The minimum absolute atomic E-state index is 0.228. The molecule has 0 aromatic heterocycles. The summed E-state index contributed by atoms with van der Waals surface area (Å²) in [6, 6.07) is 30.1. The van der Waals surface area contributed by atoms with E-state index in [2.05, 4.69) is 18.2 Å². The predicted octanol–water partition coefficient (Wildman–Crippen LogP) is 7.02. The van der Waals surface area contributed by atoms with Gasteiger partial charge in [0.2, 0.25) is 0 Å². The lowest BCUT2D eigenvalue weighted by Crippen LogP contribution is -1.87. The molecule has 0 bridgehead atoms. The minimum atomic E-state index is -0.261. The average molecular weight is 372 g/mol. The first-order valence-corrected chi connectivity index (χ1v) is 9.43. The van der Waals surface area contributed by atoms with Gasteiger partial charge in [-0.05, 0) is 47.0 Å². The van der Waals surface area contributed by atoms with Crippen LogP contribution >= 0.6 is 11.8 Å². The quantitative estimate of drug-likeness (QED) is 0.415. The summed E-state index contributed by atoms with van der Waals surface area (Å²) in [6.45, 7) is 0. The van der Waals surface area contributed by atoms with E-state index in [1.807, 2.05) is 48.5 Å². The van der Waals surface area contributed by atoms with Crippen LogP contribution in [-0.2, 0) is 0 Å². The summed E-state index contributed by atoms with van der Waals surface area (Å²) in [7, 11) is 0. The lowest BCUT2D eigenvalue weighted by molar-refractivity contribution is 0.477. The fourth-order valence-electron chi connectivity index (χ4n) is 3.00. The number of phenols is 1. The molecule has 4 aromatic carbocycles. The summed E-state index contributed by atoms with van der Waals surface area (Å²) < 4.78 is 13.6. The Balaban J connectivity index is 1.84. The van der Waals surface area contributed by atoms with Gasteiger partial charge >= 0.3 is 0 Å². The number of halogens is 1. The molecule has 27 heavy (non-hydrogen) atoms. The van der Waals surface area contributed by atoms with Gasteiger partial charge in [-0.3, -0.25) is 0 Å². The maximum atomic E-state index is 13.6. The van der Waals surface area contributed by atoms with Crippen molar-refractivity contribution in [3.63, 3.8) is 0 Å². The fourth-order valence-corrected chi connectivity index (χ4v) is 4.04. The number of benzene rings is 4. The van der Waals surface area contributed by atoms with E-state index in [0.29, 0.717) is 0 Å². The zero-order valence-electron chi connectivity index (χ0n) is 14.5. The largest absolute Gasteiger partial charge is 0.507 e. The van der Waals surface area contributed by atoms with Crippen LogP contribution in [0.3, 0.4) is 0 Å². The van der Waals surface area contributed by atoms with Crippen molar-refractivity contribution in [2.24, 2.45) is 0 Å². The minimum Gasteiger partial charge on any atom is -0.507 e. The molecular weight excluding hydrogens is 355 g/mol. The van der Waals surface area contributed by atoms with E-state index in [-0.39, 0.29) is 11.6 Å². The van der Waals surface area contributed by atoms with Crippen LogP contribution in [0.15, 0.2) is 107 Å². The van der Waals surface area contributed by atoms with Crippen molar-refractivity contribution >= 4 is 11.8 Å². The molecule has 3 heteroatoms. The van der Waals surface area contributed by atoms with Gasteiger partial charge in [-0.2, -0.15) is 0 Å². The molecule has 0 unspecified atom stereocenters. The molecule has 1 nitrogen and oxygen atoms in total. The van der Waals surface area contributed by atoms with Crippen LogP contribution in [-0.4, -0.2) is 5.11 Å². The zero-order chi connectivity index (χ0) is 18.6. The summed E-state index contributed by atoms with van der Waals surface area (Å²) in [5.74, 6) is -0.0330. The molecular formula is C24H17FOS. The van der Waals surface area contributed by atoms with E-state index in [4.69, 9.17) is 0 Å². The number of aromatic hydroxyl groups is 1. The van der Waals surface area contributed by atoms with Crippen molar-refractivity contribution in [1.82, 2.24) is 0 Å². The first-order chi connectivity index (χ1) is 13.2. The average Bonchev–Trinajstić information content (AvgIpc) is 2.69. The molecule has 0 fully saturated rings. The second-order valence-electron chi connectivity index (χ2n) is 6.15. The van der Waals surface area contributed by atoms with Gasteiger partial charge in [0.1, 0.15) is 11.6 Å². The second kappa shape index (κ2) is 7.68. The highest BCUT2D eigenvalue weighted by Crippen LogP contribution is 2.41. The molecule has 0 amide bonds. The summed E-state index contributed by atoms with van der Waals surface area (Å²) >= 11 is 1.49. The predicted molar refractivity (Wildman–Crippen MR) is 110 cm³/mol. The summed E-state index contributed by atoms with van der Waals surface area (Å²) in [5, 5.41) is 10.3. The molecule has 1 N–H and O–H groups in total. The Morgan fingerprint density at radius 1 is 0.630 bits per heavy atom. The SMILES string of the molecule is Oc1ccccc1-c1ccc(-c2ccccc2)cc1Sc1cccc(F)c1. The lowest BCUT2D eigenvalue weighted by atomic mass is 9.99. The topological polar surface area (TPSA) is 20.2 Å². The molecule has 0 atom stereocenters. The fraction of sp³-hybridized carbons (Fsp3) is 0. The highest BCUT2D eigenvalue weighted by Gasteiger charge is 2.12. The van der Waals surface area contributed by atoms with Gasteiger partial charge in [0.15, 0.2) is 0 Å². The van der Waals surface area contributed by atoms with Crippen LogP contribution in [0.25, 0.3) is 22.3 Å². The summed E-state index contributed by atoms with van der Waals surface area (Å²) in [6.07, 6.45) is 0. The second-order valence-corrected chi connectivity index (χ2v) is 7.27. The van der Waals surface area contributed by atoms with Crippen LogP contribution in [0, 0.1) is 5.82 Å². The maximum Gasteiger partial charge on any atom is 0.124 e. The van der Waals surface area contributed by atoms with E-state index in [1.165, 1.54) is 23.9 Å². The van der Waals surface area contributed by atoms with Gasteiger partial charge in [-0.25, -0.2) is 4.39 Å². The highest BCUT2D eigenvalue weighted by molar-refractivity contribution is 7.99. The lowest BCUT2D eigenvalue weighted by Gasteiger charge is -2.13. The number of hydrogen-bond donors (Lipinski definition) is 1. The Morgan fingerprint density at radius 3 is 2.19 bits per heavy atom. The smallest absolute Gasteiger partial charge is 0.124 e. The molecule has 0 saturated heterocycles. The molecule has 4 rings (SSSR count). The summed E-state index contributed by atoms with van der Waals surface area (Å²) in [5.41, 5.74) is 3.87. The molecule has 0 aliphatic rings. The molecule has 132 valence electrons. The van der Waals surface area contributed by atoms with Gasteiger partial charge in [0, 0.05) is 15.4 Å². The van der Waals surface area contributed by atoms with Crippen LogP contribution < -0.4 is 0 Å². The van der Waals surface area contributed by atoms with E-state index in [0.717, 1.165) is 32.0 Å². The Hall–Kier alpha value is -3.04. The third-order valence-corrected chi connectivity index (χ3v) is 5.35. The molecule has 0 aliphatic heterocycles. The molecule has 0 radical (unpaired) electrons. The molecule has 0 saturated carbocycles. The Morgan fingerprint density at radius 2 is 1.41 bits per heavy atom. The van der Waals surface area contributed by atoms with Crippen molar-refractivity contribution in [2.45, 2.75) is 9.79 Å². The van der Waals surface area contributed by atoms with Gasteiger partial charge in [-0.1, -0.05) is 78.5 Å². The van der Waals surface area contributed by atoms with Crippen LogP contribution in [0.5, 0.6) is 5.75 Å². The van der Waals surface area contributed by atoms with Gasteiger partial charge < -0.3 is 5.11 Å². The van der Waals surface area contributed by atoms with Crippen LogP contribution in [0.1, 0.15) is 0 Å². The van der Waals surface area contributed by atoms with E-state index < -0.39 is 0 Å². The van der Waals surface area contributed by atoms with Gasteiger partial charge in [0.25, 0.3) is 0 Å². The molecule has 0 heterocycles. The van der Waals surface area contributed by atoms with Crippen molar-refractivity contribution in [2.75, 3.05) is 0 Å². The molecule has 0 spiro atoms. The number of phenolic OH excluding ortho intramolecular Hbond substituents is 1. The van der Waals surface area contributed by atoms with Crippen molar-refractivity contribution in [3.8, 4) is 28.0 Å². The Kier molecular flexibility index (Phi) is 4.95. The normalized spacial score (nSPS) is 10.7. The number of hydrogen-bond acceptors (Lipinski definition) is 2. The standard InChI is InChI=1S/C24H17FOS/c25-19-9-6-10-20(16-19)27-24-15-18(17-7-2-1-3-8-17)13-14-22(24)21-11-4-5-12-23(21)26/h1-16,26H. The number of para-hydroxylation sites is 1. The monoisotopic (exact) mass is 372 g/mol. The van der Waals surface area contributed by atoms with Gasteiger partial charge in [-0.15, -0.1) is 0 Å². The number of rotatable bonds is 4. The molecule has 4 aromatic rings. The van der Waals surface area contributed by atoms with Crippen LogP contribution in [0.4, 0.5) is 4.39 Å². The van der Waals surface area contributed by atoms with Crippen molar-refractivity contribution in [3.05, 3.63) is 103 Å². The highest BCUT2D eigenvalue weighted by atomic mass is 32.2. The van der Waals surface area contributed by atoms with Crippen LogP contribution in [0.2, 0.25) is 0 Å². The van der Waals surface area contributed by atoms with Gasteiger partial charge in [0.05, 0.1) is 0 Å².